The number of nitrogens with zero attached hydrogens (tertiary/aromatic N) is 3. The minimum absolute atomic E-state index is 0.0736. The Morgan fingerprint density at radius 2 is 2.09 bits per heavy atom. The summed E-state index contributed by atoms with van der Waals surface area (Å²) in [5, 5.41) is 10.7. The molecule has 0 fully saturated rings. The number of nitrogens with one attached hydrogen (secondary N) is 1. The molecular weight excluding hydrogens is 312 g/mol. The van der Waals surface area contributed by atoms with Crippen molar-refractivity contribution in [2.24, 2.45) is 5.10 Å². The molecule has 0 atom stereocenters. The van der Waals surface area contributed by atoms with Gasteiger partial charge in [0.05, 0.1) is 12.2 Å². The summed E-state index contributed by atoms with van der Waals surface area (Å²) in [6.07, 6.45) is 0.635. The molecule has 6 nitrogen and oxygen atoms in total. The molecule has 1 N–H and O–H groups in total. The van der Waals surface area contributed by atoms with E-state index in [-0.39, 0.29) is 18.2 Å². The fourth-order valence-corrected chi connectivity index (χ4v) is 2.91. The normalized spacial score (nSPS) is 14.6. The van der Waals surface area contributed by atoms with Crippen LogP contribution in [-0.4, -0.2) is 27.5 Å². The van der Waals surface area contributed by atoms with Gasteiger partial charge < -0.3 is 0 Å². The van der Waals surface area contributed by atoms with E-state index in [2.05, 4.69) is 15.4 Å². The Morgan fingerprint density at radius 1 is 1.30 bits per heavy atom. The number of anilines is 1. The minimum Gasteiger partial charge on any atom is -0.297 e. The van der Waals surface area contributed by atoms with Crippen LogP contribution in [0.5, 0.6) is 0 Å². The van der Waals surface area contributed by atoms with Crippen LogP contribution in [0, 0.1) is 6.92 Å². The highest BCUT2D eigenvalue weighted by atomic mass is 32.1. The van der Waals surface area contributed by atoms with E-state index in [9.17, 15) is 9.59 Å². The molecule has 0 spiro atoms. The standard InChI is InChI=1S/C16H16N4O2S/c1-11-10-23-16(17-11)18-15(22)13-7-8-14(21)20(19-13)9-12-5-3-2-4-6-12/h2-6,10H,7-9H2,1H3,(H,17,18,22). The Labute approximate surface area is 137 Å². The second-order valence-electron chi connectivity index (χ2n) is 5.23. The zero-order chi connectivity index (χ0) is 16.2. The van der Waals surface area contributed by atoms with Gasteiger partial charge in [0.2, 0.25) is 5.91 Å². The summed E-state index contributed by atoms with van der Waals surface area (Å²) in [6, 6.07) is 9.59. The van der Waals surface area contributed by atoms with Crippen LogP contribution >= 0.6 is 11.3 Å². The molecule has 0 bridgehead atoms. The predicted octanol–water partition coefficient (Wildman–Crippen LogP) is 2.57. The first-order chi connectivity index (χ1) is 11.1. The van der Waals surface area contributed by atoms with Gasteiger partial charge in [0.25, 0.3) is 5.91 Å². The molecule has 0 saturated carbocycles. The summed E-state index contributed by atoms with van der Waals surface area (Å²) >= 11 is 1.37. The number of thiazole rings is 1. The van der Waals surface area contributed by atoms with Gasteiger partial charge in [-0.15, -0.1) is 11.3 Å². The number of carbonyl (C=O) groups is 2. The molecule has 1 aromatic carbocycles. The molecule has 1 aromatic heterocycles. The molecule has 2 amide bonds. The van der Waals surface area contributed by atoms with Crippen LogP contribution in [0.3, 0.4) is 0 Å². The van der Waals surface area contributed by atoms with E-state index >= 15 is 0 Å². The predicted molar refractivity (Wildman–Crippen MR) is 89.1 cm³/mol. The molecule has 3 rings (SSSR count). The fraction of sp³-hybridized carbons (Fsp3) is 0.250. The van der Waals surface area contributed by atoms with Crippen molar-refractivity contribution in [3.63, 3.8) is 0 Å². The van der Waals surface area contributed by atoms with E-state index in [1.165, 1.54) is 16.3 Å². The summed E-state index contributed by atoms with van der Waals surface area (Å²) in [6.45, 7) is 2.23. The lowest BCUT2D eigenvalue weighted by atomic mass is 10.1. The molecule has 0 unspecified atom stereocenters. The van der Waals surface area contributed by atoms with Crippen molar-refractivity contribution in [3.8, 4) is 0 Å². The topological polar surface area (TPSA) is 74.7 Å². The molecule has 2 heterocycles. The fourth-order valence-electron chi connectivity index (χ4n) is 2.23. The van der Waals surface area contributed by atoms with Crippen LogP contribution in [0.2, 0.25) is 0 Å². The molecule has 0 aliphatic carbocycles. The lowest BCUT2D eigenvalue weighted by Gasteiger charge is -2.23. The maximum absolute atomic E-state index is 12.3. The zero-order valence-corrected chi connectivity index (χ0v) is 13.5. The number of carbonyl (C=O) groups excluding carboxylic acids is 2. The highest BCUT2D eigenvalue weighted by Gasteiger charge is 2.25. The first kappa shape index (κ1) is 15.4. The molecule has 1 aliphatic rings. The van der Waals surface area contributed by atoms with Gasteiger partial charge in [0, 0.05) is 18.2 Å². The van der Waals surface area contributed by atoms with E-state index < -0.39 is 0 Å². The van der Waals surface area contributed by atoms with Crippen molar-refractivity contribution < 1.29 is 9.59 Å². The van der Waals surface area contributed by atoms with Crippen molar-refractivity contribution in [3.05, 3.63) is 47.0 Å². The summed E-state index contributed by atoms with van der Waals surface area (Å²) in [7, 11) is 0. The Bertz CT molecular complexity index is 754. The average molecular weight is 328 g/mol. The summed E-state index contributed by atoms with van der Waals surface area (Å²) in [4.78, 5) is 28.5. The Kier molecular flexibility index (Phi) is 4.47. The largest absolute Gasteiger partial charge is 0.297 e. The summed E-state index contributed by atoms with van der Waals surface area (Å²) < 4.78 is 0. The van der Waals surface area contributed by atoms with Crippen molar-refractivity contribution in [1.82, 2.24) is 9.99 Å². The number of aromatic nitrogens is 1. The Hall–Kier alpha value is -2.54. The van der Waals surface area contributed by atoms with Crippen LogP contribution < -0.4 is 5.32 Å². The molecule has 1 aliphatic heterocycles. The lowest BCUT2D eigenvalue weighted by Crippen LogP contribution is -2.36. The van der Waals surface area contributed by atoms with Crippen LogP contribution in [0.4, 0.5) is 5.13 Å². The van der Waals surface area contributed by atoms with Crippen molar-refractivity contribution in [2.75, 3.05) is 5.32 Å². The second-order valence-corrected chi connectivity index (χ2v) is 6.09. The van der Waals surface area contributed by atoms with Crippen molar-refractivity contribution >= 4 is 34.0 Å². The summed E-state index contributed by atoms with van der Waals surface area (Å²) in [5.41, 5.74) is 2.19. The number of benzene rings is 1. The molecule has 118 valence electrons. The van der Waals surface area contributed by atoms with E-state index in [4.69, 9.17) is 0 Å². The van der Waals surface area contributed by atoms with Gasteiger partial charge in [-0.05, 0) is 12.5 Å². The highest BCUT2D eigenvalue weighted by molar-refractivity contribution is 7.14. The number of hydrogen-bond acceptors (Lipinski definition) is 5. The molecule has 7 heteroatoms. The van der Waals surface area contributed by atoms with Gasteiger partial charge in [-0.3, -0.25) is 14.9 Å². The van der Waals surface area contributed by atoms with Crippen LogP contribution in [0.25, 0.3) is 0 Å². The summed E-state index contributed by atoms with van der Waals surface area (Å²) in [5.74, 6) is -0.375. The van der Waals surface area contributed by atoms with Crippen molar-refractivity contribution in [2.45, 2.75) is 26.3 Å². The van der Waals surface area contributed by atoms with Gasteiger partial charge in [-0.2, -0.15) is 5.10 Å². The van der Waals surface area contributed by atoms with E-state index in [1.807, 2.05) is 42.6 Å². The third-order valence-electron chi connectivity index (χ3n) is 3.38. The lowest BCUT2D eigenvalue weighted by molar-refractivity contribution is -0.132. The van der Waals surface area contributed by atoms with Gasteiger partial charge in [0.15, 0.2) is 5.13 Å². The third kappa shape index (κ3) is 3.81. The van der Waals surface area contributed by atoms with Gasteiger partial charge in [0.1, 0.15) is 5.71 Å². The van der Waals surface area contributed by atoms with Crippen molar-refractivity contribution in [1.29, 1.82) is 0 Å². The first-order valence-corrected chi connectivity index (χ1v) is 8.15. The molecule has 23 heavy (non-hydrogen) atoms. The first-order valence-electron chi connectivity index (χ1n) is 7.27. The van der Waals surface area contributed by atoms with Gasteiger partial charge in [-0.25, -0.2) is 9.99 Å². The smallest absolute Gasteiger partial charge is 0.273 e. The van der Waals surface area contributed by atoms with Crippen LogP contribution in [0.1, 0.15) is 24.1 Å². The maximum atomic E-state index is 12.3. The van der Waals surface area contributed by atoms with Gasteiger partial charge >= 0.3 is 0 Å². The second kappa shape index (κ2) is 6.70. The van der Waals surface area contributed by atoms with E-state index in [1.54, 1.807) is 0 Å². The number of hydrogen-bond donors (Lipinski definition) is 1. The van der Waals surface area contributed by atoms with Gasteiger partial charge in [-0.1, -0.05) is 30.3 Å². The number of amides is 2. The molecule has 2 aromatic rings. The quantitative estimate of drug-likeness (QED) is 0.937. The molecular formula is C16H16N4O2S. The highest BCUT2D eigenvalue weighted by Crippen LogP contribution is 2.17. The number of aryl methyl sites for hydroxylation is 1. The molecule has 0 radical (unpaired) electrons. The zero-order valence-electron chi connectivity index (χ0n) is 12.7. The van der Waals surface area contributed by atoms with Crippen LogP contribution in [-0.2, 0) is 16.1 Å². The van der Waals surface area contributed by atoms with Crippen LogP contribution in [0.15, 0.2) is 40.8 Å². The molecule has 0 saturated heterocycles. The van der Waals surface area contributed by atoms with E-state index in [0.29, 0.717) is 23.8 Å². The average Bonchev–Trinajstić information content (AvgIpc) is 2.95. The minimum atomic E-state index is -0.301. The third-order valence-corrected chi connectivity index (χ3v) is 4.26. The Morgan fingerprint density at radius 3 is 2.78 bits per heavy atom. The monoisotopic (exact) mass is 328 g/mol. The number of rotatable bonds is 4. The Balaban J connectivity index is 1.72. The maximum Gasteiger partial charge on any atom is 0.273 e. The SMILES string of the molecule is Cc1csc(NC(=O)C2=NN(Cc3ccccc3)C(=O)CC2)n1. The van der Waals surface area contributed by atoms with E-state index in [0.717, 1.165) is 11.3 Å². The number of hydrazone groups is 1.